The molecule has 1 nitrogen and oxygen atoms in total. The van der Waals surface area contributed by atoms with E-state index in [2.05, 4.69) is 37.9 Å². The van der Waals surface area contributed by atoms with E-state index in [4.69, 9.17) is 4.74 Å². The van der Waals surface area contributed by atoms with Gasteiger partial charge in [0.15, 0.2) is 0 Å². The Bertz CT molecular complexity index is 365. The second-order valence-corrected chi connectivity index (χ2v) is 6.46. The Morgan fingerprint density at radius 3 is 2.81 bits per heavy atom. The molecule has 88 valence electrons. The first-order chi connectivity index (χ1) is 7.70. The van der Waals surface area contributed by atoms with Gasteiger partial charge in [0.2, 0.25) is 0 Å². The number of halogens is 2. The van der Waals surface area contributed by atoms with Crippen LogP contribution in [-0.4, -0.2) is 11.9 Å². The minimum absolute atomic E-state index is 0.677. The van der Waals surface area contributed by atoms with Gasteiger partial charge >= 0.3 is 0 Å². The molecule has 0 saturated heterocycles. The van der Waals surface area contributed by atoms with Crippen molar-refractivity contribution in [2.45, 2.75) is 30.5 Å². The monoisotopic (exact) mass is 346 g/mol. The van der Waals surface area contributed by atoms with E-state index in [1.807, 2.05) is 12.1 Å². The summed E-state index contributed by atoms with van der Waals surface area (Å²) in [5.74, 6) is 1.76. The van der Waals surface area contributed by atoms with Crippen LogP contribution >= 0.6 is 31.9 Å². The lowest BCUT2D eigenvalue weighted by Gasteiger charge is -2.16. The molecule has 1 aromatic carbocycles. The lowest BCUT2D eigenvalue weighted by Crippen LogP contribution is -2.10. The summed E-state index contributed by atoms with van der Waals surface area (Å²) in [5, 5.41) is 0. The van der Waals surface area contributed by atoms with Crippen LogP contribution in [0.5, 0.6) is 5.75 Å². The Labute approximate surface area is 114 Å². The summed E-state index contributed by atoms with van der Waals surface area (Å²) in [6.45, 7) is 0. The third-order valence-corrected chi connectivity index (χ3v) is 4.99. The maximum Gasteiger partial charge on any atom is 0.122 e. The second kappa shape index (κ2) is 5.54. The van der Waals surface area contributed by atoms with Gasteiger partial charge < -0.3 is 4.74 Å². The molecule has 0 aliphatic heterocycles. The van der Waals surface area contributed by atoms with Crippen molar-refractivity contribution in [1.29, 1.82) is 0 Å². The van der Waals surface area contributed by atoms with Gasteiger partial charge in [0.25, 0.3) is 0 Å². The van der Waals surface area contributed by atoms with Gasteiger partial charge in [0.1, 0.15) is 5.75 Å². The first-order valence-corrected chi connectivity index (χ1v) is 7.38. The average Bonchev–Trinajstić information content (AvgIpc) is 2.65. The smallest absolute Gasteiger partial charge is 0.122 e. The summed E-state index contributed by atoms with van der Waals surface area (Å²) in [6, 6.07) is 6.25. The highest BCUT2D eigenvalue weighted by Gasteiger charge is 2.25. The number of hydrogen-bond donors (Lipinski definition) is 0. The van der Waals surface area contributed by atoms with E-state index in [-0.39, 0.29) is 0 Å². The van der Waals surface area contributed by atoms with Gasteiger partial charge in [-0.05, 0) is 48.9 Å². The molecule has 0 heterocycles. The van der Waals surface area contributed by atoms with Crippen molar-refractivity contribution >= 4 is 31.9 Å². The normalized spacial score (nSPS) is 24.7. The van der Waals surface area contributed by atoms with Crippen LogP contribution in [0.25, 0.3) is 0 Å². The van der Waals surface area contributed by atoms with E-state index in [0.29, 0.717) is 4.83 Å². The predicted molar refractivity (Wildman–Crippen MR) is 74.5 cm³/mol. The molecule has 3 heteroatoms. The highest BCUT2D eigenvalue weighted by molar-refractivity contribution is 9.10. The van der Waals surface area contributed by atoms with Crippen LogP contribution in [0, 0.1) is 5.92 Å². The quantitative estimate of drug-likeness (QED) is 0.728. The number of methoxy groups -OCH3 is 1. The molecule has 2 unspecified atom stereocenters. The maximum atomic E-state index is 5.41. The molecular weight excluding hydrogens is 332 g/mol. The Hall–Kier alpha value is -0.0200. The maximum absolute atomic E-state index is 5.41. The number of hydrogen-bond acceptors (Lipinski definition) is 1. The van der Waals surface area contributed by atoms with E-state index < -0.39 is 0 Å². The molecule has 1 aliphatic rings. The summed E-state index contributed by atoms with van der Waals surface area (Å²) < 4.78 is 6.54. The van der Waals surface area contributed by atoms with Gasteiger partial charge in [-0.15, -0.1) is 0 Å². The van der Waals surface area contributed by atoms with E-state index in [0.717, 1.165) is 22.6 Å². The van der Waals surface area contributed by atoms with Gasteiger partial charge in [0, 0.05) is 9.30 Å². The highest BCUT2D eigenvalue weighted by Crippen LogP contribution is 2.36. The fraction of sp³-hybridized carbons (Fsp3) is 0.538. The highest BCUT2D eigenvalue weighted by atomic mass is 79.9. The lowest BCUT2D eigenvalue weighted by molar-refractivity contribution is 0.404. The first-order valence-electron chi connectivity index (χ1n) is 5.67. The van der Waals surface area contributed by atoms with Crippen molar-refractivity contribution in [2.75, 3.05) is 7.11 Å². The molecule has 2 atom stereocenters. The van der Waals surface area contributed by atoms with E-state index in [1.165, 1.54) is 24.8 Å². The number of benzene rings is 1. The van der Waals surface area contributed by atoms with Gasteiger partial charge in [-0.1, -0.05) is 38.3 Å². The topological polar surface area (TPSA) is 9.23 Å². The first kappa shape index (κ1) is 12.4. The van der Waals surface area contributed by atoms with Gasteiger partial charge in [-0.25, -0.2) is 0 Å². The largest absolute Gasteiger partial charge is 0.496 e. The molecule has 0 bridgehead atoms. The van der Waals surface area contributed by atoms with Gasteiger partial charge in [-0.3, -0.25) is 0 Å². The number of rotatable bonds is 3. The van der Waals surface area contributed by atoms with Crippen molar-refractivity contribution in [3.05, 3.63) is 28.2 Å². The van der Waals surface area contributed by atoms with Crippen molar-refractivity contribution in [2.24, 2.45) is 5.92 Å². The van der Waals surface area contributed by atoms with Gasteiger partial charge in [0.05, 0.1) is 7.11 Å². The molecule has 1 saturated carbocycles. The second-order valence-electron chi connectivity index (χ2n) is 4.37. The Kier molecular flexibility index (Phi) is 4.31. The van der Waals surface area contributed by atoms with Crippen molar-refractivity contribution in [1.82, 2.24) is 0 Å². The fourth-order valence-corrected chi connectivity index (χ4v) is 3.59. The van der Waals surface area contributed by atoms with Gasteiger partial charge in [-0.2, -0.15) is 0 Å². The number of ether oxygens (including phenoxy) is 1. The molecule has 1 aromatic rings. The summed E-state index contributed by atoms with van der Waals surface area (Å²) in [5.41, 5.74) is 1.31. The molecule has 0 spiro atoms. The van der Waals surface area contributed by atoms with E-state index in [9.17, 15) is 0 Å². The average molecular weight is 348 g/mol. The minimum Gasteiger partial charge on any atom is -0.496 e. The minimum atomic E-state index is 0.677. The molecule has 0 aromatic heterocycles. The molecule has 1 aliphatic carbocycles. The standard InChI is InChI=1S/C13H16Br2O/c1-16-13-6-5-11(14)8-10(13)7-9-3-2-4-12(9)15/h5-6,8-9,12H,2-4,7H2,1H3. The van der Waals surface area contributed by atoms with Crippen LogP contribution in [-0.2, 0) is 6.42 Å². The lowest BCUT2D eigenvalue weighted by atomic mass is 9.97. The molecule has 2 rings (SSSR count). The van der Waals surface area contributed by atoms with Crippen LogP contribution in [0.4, 0.5) is 0 Å². The number of alkyl halides is 1. The Morgan fingerprint density at radius 2 is 2.19 bits per heavy atom. The van der Waals surface area contributed by atoms with Crippen LogP contribution in [0.2, 0.25) is 0 Å². The SMILES string of the molecule is COc1ccc(Br)cc1CC1CCCC1Br. The molecule has 0 N–H and O–H groups in total. The molecule has 0 amide bonds. The third kappa shape index (κ3) is 2.80. The van der Waals surface area contributed by atoms with Crippen molar-refractivity contribution in [3.8, 4) is 5.75 Å². The zero-order valence-corrected chi connectivity index (χ0v) is 12.6. The van der Waals surface area contributed by atoms with Crippen LogP contribution in [0.15, 0.2) is 22.7 Å². The van der Waals surface area contributed by atoms with E-state index in [1.54, 1.807) is 7.11 Å². The fourth-order valence-electron chi connectivity index (χ4n) is 2.41. The summed E-state index contributed by atoms with van der Waals surface area (Å²) >= 11 is 7.30. The zero-order chi connectivity index (χ0) is 11.5. The van der Waals surface area contributed by atoms with E-state index >= 15 is 0 Å². The van der Waals surface area contributed by atoms with Crippen LogP contribution in [0.1, 0.15) is 24.8 Å². The predicted octanol–water partition coefficient (Wildman–Crippen LogP) is 4.56. The summed E-state index contributed by atoms with van der Waals surface area (Å²) in [7, 11) is 1.74. The molecule has 16 heavy (non-hydrogen) atoms. The molecule has 0 radical (unpaired) electrons. The van der Waals surface area contributed by atoms with Crippen molar-refractivity contribution < 1.29 is 4.74 Å². The Balaban J connectivity index is 2.16. The summed E-state index contributed by atoms with van der Waals surface area (Å²) in [6.07, 6.45) is 5.09. The Morgan fingerprint density at radius 1 is 1.38 bits per heavy atom. The van der Waals surface area contributed by atoms with Crippen molar-refractivity contribution in [3.63, 3.8) is 0 Å². The van der Waals surface area contributed by atoms with Crippen LogP contribution in [0.3, 0.4) is 0 Å². The molecule has 1 fully saturated rings. The zero-order valence-electron chi connectivity index (χ0n) is 9.38. The third-order valence-electron chi connectivity index (χ3n) is 3.29. The van der Waals surface area contributed by atoms with Crippen LogP contribution < -0.4 is 4.74 Å². The molecular formula is C13H16Br2O. The summed E-state index contributed by atoms with van der Waals surface area (Å²) in [4.78, 5) is 0.677.